The van der Waals surface area contributed by atoms with Crippen molar-refractivity contribution in [3.8, 4) is 5.75 Å². The van der Waals surface area contributed by atoms with Crippen LogP contribution < -0.4 is 4.74 Å². The van der Waals surface area contributed by atoms with E-state index in [4.69, 9.17) is 4.74 Å². The molecule has 0 spiro atoms. The monoisotopic (exact) mass is 294 g/mol. The molecule has 1 N–H and O–H groups in total. The average Bonchev–Trinajstić information content (AvgIpc) is 2.44. The highest BCUT2D eigenvalue weighted by Crippen LogP contribution is 2.28. The van der Waals surface area contributed by atoms with Crippen LogP contribution in [0.1, 0.15) is 30.1 Å². The van der Waals surface area contributed by atoms with Crippen molar-refractivity contribution in [2.75, 3.05) is 20.2 Å². The number of amides is 1. The van der Waals surface area contributed by atoms with E-state index in [0.717, 1.165) is 0 Å². The lowest BCUT2D eigenvalue weighted by Gasteiger charge is -2.37. The molecule has 114 valence electrons. The Morgan fingerprint density at radius 2 is 2.24 bits per heavy atom. The van der Waals surface area contributed by atoms with Crippen molar-refractivity contribution < 1.29 is 19.6 Å². The molecule has 0 bridgehead atoms. The molecule has 7 heteroatoms. The lowest BCUT2D eigenvalue weighted by atomic mass is 9.94. The Hall–Kier alpha value is -2.15. The molecule has 0 radical (unpaired) electrons. The molecule has 1 unspecified atom stereocenters. The van der Waals surface area contributed by atoms with E-state index in [1.807, 2.05) is 0 Å². The van der Waals surface area contributed by atoms with Gasteiger partial charge in [0.1, 0.15) is 5.75 Å². The molecule has 1 aromatic carbocycles. The van der Waals surface area contributed by atoms with E-state index in [1.165, 1.54) is 30.2 Å². The molecule has 1 atom stereocenters. The fourth-order valence-corrected chi connectivity index (χ4v) is 2.54. The summed E-state index contributed by atoms with van der Waals surface area (Å²) in [6.45, 7) is 2.40. The first-order valence-electron chi connectivity index (χ1n) is 6.68. The van der Waals surface area contributed by atoms with E-state index in [-0.39, 0.29) is 29.5 Å². The highest BCUT2D eigenvalue weighted by Gasteiger charge is 2.32. The Bertz CT molecular complexity index is 570. The third-order valence-corrected chi connectivity index (χ3v) is 3.59. The summed E-state index contributed by atoms with van der Waals surface area (Å²) in [5.74, 6) is -0.0775. The number of nitro groups is 1. The normalized spacial score (nSPS) is 22.0. The number of nitrogens with zero attached hydrogens (tertiary/aromatic N) is 2. The quantitative estimate of drug-likeness (QED) is 0.675. The fraction of sp³-hybridized carbons (Fsp3) is 0.500. The van der Waals surface area contributed by atoms with E-state index in [1.54, 1.807) is 6.92 Å². The molecule has 21 heavy (non-hydrogen) atoms. The summed E-state index contributed by atoms with van der Waals surface area (Å²) in [7, 11) is 1.41. The molecule has 1 aliphatic rings. The van der Waals surface area contributed by atoms with Gasteiger partial charge in [0.15, 0.2) is 0 Å². The van der Waals surface area contributed by atoms with Crippen LogP contribution in [0.5, 0.6) is 5.75 Å². The second-order valence-corrected chi connectivity index (χ2v) is 5.47. The van der Waals surface area contributed by atoms with Gasteiger partial charge in [0.2, 0.25) is 0 Å². The number of nitro benzene ring substituents is 1. The van der Waals surface area contributed by atoms with Crippen LogP contribution in [0.3, 0.4) is 0 Å². The fourth-order valence-electron chi connectivity index (χ4n) is 2.54. The van der Waals surface area contributed by atoms with E-state index in [9.17, 15) is 20.0 Å². The van der Waals surface area contributed by atoms with Crippen LogP contribution >= 0.6 is 0 Å². The number of hydrogen-bond donors (Lipinski definition) is 1. The number of piperidine rings is 1. The number of benzene rings is 1. The number of ether oxygens (including phenoxy) is 1. The van der Waals surface area contributed by atoms with Gasteiger partial charge in [0.25, 0.3) is 11.6 Å². The van der Waals surface area contributed by atoms with Gasteiger partial charge in [-0.25, -0.2) is 0 Å². The predicted octanol–water partition coefficient (Wildman–Crippen LogP) is 1.59. The summed E-state index contributed by atoms with van der Waals surface area (Å²) in [5, 5.41) is 20.9. The van der Waals surface area contributed by atoms with Crippen LogP contribution in [-0.4, -0.2) is 46.6 Å². The maximum absolute atomic E-state index is 12.6. The zero-order valence-electron chi connectivity index (χ0n) is 12.0. The summed E-state index contributed by atoms with van der Waals surface area (Å²) in [5.41, 5.74) is -0.950. The number of aliphatic hydroxyl groups is 1. The molecule has 1 aliphatic heterocycles. The maximum atomic E-state index is 12.6. The first-order valence-corrected chi connectivity index (χ1v) is 6.68. The second kappa shape index (κ2) is 5.69. The van der Waals surface area contributed by atoms with Crippen molar-refractivity contribution >= 4 is 11.6 Å². The van der Waals surface area contributed by atoms with Gasteiger partial charge in [-0.15, -0.1) is 0 Å². The number of β-amino-alcohol motifs (C(OH)–C–C–N with tert-alkyl or cyclic N) is 1. The van der Waals surface area contributed by atoms with E-state index < -0.39 is 10.5 Å². The third-order valence-electron chi connectivity index (χ3n) is 3.59. The lowest BCUT2D eigenvalue weighted by molar-refractivity contribution is -0.384. The summed E-state index contributed by atoms with van der Waals surface area (Å²) in [4.78, 5) is 24.4. The summed E-state index contributed by atoms with van der Waals surface area (Å²) >= 11 is 0. The van der Waals surface area contributed by atoms with Crippen molar-refractivity contribution in [3.63, 3.8) is 0 Å². The Morgan fingerprint density at radius 1 is 1.52 bits per heavy atom. The van der Waals surface area contributed by atoms with Gasteiger partial charge in [0.05, 0.1) is 23.2 Å². The average molecular weight is 294 g/mol. The first kappa shape index (κ1) is 15.2. The van der Waals surface area contributed by atoms with Crippen LogP contribution in [0.4, 0.5) is 5.69 Å². The Balaban J connectivity index is 2.33. The number of non-ortho nitro benzene ring substituents is 1. The number of rotatable bonds is 3. The van der Waals surface area contributed by atoms with E-state index >= 15 is 0 Å². The van der Waals surface area contributed by atoms with Crippen molar-refractivity contribution in [2.45, 2.75) is 25.4 Å². The Morgan fingerprint density at radius 3 is 2.81 bits per heavy atom. The molecule has 7 nitrogen and oxygen atoms in total. The molecular weight excluding hydrogens is 276 g/mol. The number of likely N-dealkylation sites (tertiary alicyclic amines) is 1. The van der Waals surface area contributed by atoms with Crippen LogP contribution in [-0.2, 0) is 0 Å². The van der Waals surface area contributed by atoms with Gasteiger partial charge < -0.3 is 14.7 Å². The highest BCUT2D eigenvalue weighted by atomic mass is 16.6. The van der Waals surface area contributed by atoms with Crippen molar-refractivity contribution in [1.82, 2.24) is 4.90 Å². The predicted molar refractivity (Wildman–Crippen MR) is 75.4 cm³/mol. The van der Waals surface area contributed by atoms with Crippen molar-refractivity contribution in [3.05, 3.63) is 33.9 Å². The SMILES string of the molecule is COc1ccc([N+](=O)[O-])cc1C(=O)N1CCCC(C)(O)C1. The molecular formula is C14H18N2O5. The topological polar surface area (TPSA) is 92.9 Å². The minimum absolute atomic E-state index is 0.143. The van der Waals surface area contributed by atoms with Gasteiger partial charge in [-0.3, -0.25) is 14.9 Å². The van der Waals surface area contributed by atoms with E-state index in [2.05, 4.69) is 0 Å². The van der Waals surface area contributed by atoms with Crippen LogP contribution in [0.15, 0.2) is 18.2 Å². The molecule has 1 aromatic rings. The molecule has 1 fully saturated rings. The Labute approximate surface area is 122 Å². The highest BCUT2D eigenvalue weighted by molar-refractivity contribution is 5.97. The molecule has 0 aliphatic carbocycles. The van der Waals surface area contributed by atoms with Crippen LogP contribution in [0.2, 0.25) is 0 Å². The van der Waals surface area contributed by atoms with Gasteiger partial charge in [0, 0.05) is 25.2 Å². The van der Waals surface area contributed by atoms with Crippen molar-refractivity contribution in [1.29, 1.82) is 0 Å². The first-order chi connectivity index (χ1) is 9.84. The number of methoxy groups -OCH3 is 1. The maximum Gasteiger partial charge on any atom is 0.270 e. The van der Waals surface area contributed by atoms with Crippen LogP contribution in [0, 0.1) is 10.1 Å². The largest absolute Gasteiger partial charge is 0.496 e. The van der Waals surface area contributed by atoms with Gasteiger partial charge in [-0.05, 0) is 25.8 Å². The molecule has 1 amide bonds. The minimum Gasteiger partial charge on any atom is -0.496 e. The van der Waals surface area contributed by atoms with Gasteiger partial charge in [-0.1, -0.05) is 0 Å². The zero-order valence-corrected chi connectivity index (χ0v) is 12.0. The smallest absolute Gasteiger partial charge is 0.270 e. The number of carbonyl (C=O) groups excluding carboxylic acids is 1. The molecule has 0 saturated carbocycles. The minimum atomic E-state index is -0.929. The molecule has 0 aromatic heterocycles. The molecule has 1 saturated heterocycles. The second-order valence-electron chi connectivity index (χ2n) is 5.47. The number of carbonyl (C=O) groups is 1. The Kier molecular flexibility index (Phi) is 4.13. The summed E-state index contributed by atoms with van der Waals surface area (Å²) in [6, 6.07) is 3.92. The van der Waals surface area contributed by atoms with Crippen LogP contribution in [0.25, 0.3) is 0 Å². The molecule has 2 rings (SSSR count). The summed E-state index contributed by atoms with van der Waals surface area (Å²) < 4.78 is 5.11. The van der Waals surface area contributed by atoms with Gasteiger partial charge >= 0.3 is 0 Å². The molecule has 1 heterocycles. The van der Waals surface area contributed by atoms with E-state index in [0.29, 0.717) is 19.4 Å². The zero-order chi connectivity index (χ0) is 15.6. The number of hydrogen-bond acceptors (Lipinski definition) is 5. The summed E-state index contributed by atoms with van der Waals surface area (Å²) in [6.07, 6.45) is 1.32. The lowest BCUT2D eigenvalue weighted by Crippen LogP contribution is -2.48. The van der Waals surface area contributed by atoms with Gasteiger partial charge in [-0.2, -0.15) is 0 Å². The third kappa shape index (κ3) is 3.30. The standard InChI is InChI=1S/C14H18N2O5/c1-14(18)6-3-7-15(9-14)13(17)11-8-10(16(19)20)4-5-12(11)21-2/h4-5,8,18H,3,6-7,9H2,1-2H3. The van der Waals surface area contributed by atoms with Crippen molar-refractivity contribution in [2.24, 2.45) is 0 Å².